The number of nitriles is 1. The van der Waals surface area contributed by atoms with Crippen LogP contribution in [-0.4, -0.2) is 12.6 Å². The molecule has 0 saturated heterocycles. The normalized spacial score (nSPS) is 12.2. The zero-order chi connectivity index (χ0) is 12.1. The van der Waals surface area contributed by atoms with Gasteiger partial charge < -0.3 is 11.1 Å². The summed E-state index contributed by atoms with van der Waals surface area (Å²) in [5, 5.41) is 12.2. The predicted octanol–water partition coefficient (Wildman–Crippen LogP) is 2.26. The van der Waals surface area contributed by atoms with Gasteiger partial charge in [0.15, 0.2) is 0 Å². The molecule has 3 nitrogen and oxygen atoms in total. The molecule has 1 aromatic carbocycles. The van der Waals surface area contributed by atoms with Crippen LogP contribution >= 0.6 is 0 Å². The van der Waals surface area contributed by atoms with Crippen LogP contribution < -0.4 is 11.1 Å². The molecule has 0 aliphatic rings. The Morgan fingerprint density at radius 3 is 2.69 bits per heavy atom. The lowest BCUT2D eigenvalue weighted by Gasteiger charge is -2.17. The zero-order valence-corrected chi connectivity index (χ0v) is 10.1. The van der Waals surface area contributed by atoms with Gasteiger partial charge in [0.2, 0.25) is 0 Å². The maximum atomic E-state index is 9.00. The van der Waals surface area contributed by atoms with Crippen LogP contribution in [0.4, 0.5) is 5.69 Å². The lowest BCUT2D eigenvalue weighted by Crippen LogP contribution is -2.34. The Balaban J connectivity index is 2.71. The van der Waals surface area contributed by atoms with Crippen LogP contribution in [0.3, 0.4) is 0 Å². The third-order valence-electron chi connectivity index (χ3n) is 2.68. The minimum absolute atomic E-state index is 0.104. The van der Waals surface area contributed by atoms with Crippen LogP contribution in [0, 0.1) is 24.2 Å². The second-order valence-electron chi connectivity index (χ2n) is 4.45. The maximum absolute atomic E-state index is 9.00. The summed E-state index contributed by atoms with van der Waals surface area (Å²) < 4.78 is 0. The van der Waals surface area contributed by atoms with Crippen LogP contribution in [0.15, 0.2) is 18.2 Å². The van der Waals surface area contributed by atoms with Gasteiger partial charge in [-0.1, -0.05) is 19.9 Å². The number of benzene rings is 1. The summed E-state index contributed by atoms with van der Waals surface area (Å²) in [7, 11) is 0. The number of anilines is 1. The van der Waals surface area contributed by atoms with Crippen molar-refractivity contribution in [3.05, 3.63) is 29.3 Å². The van der Waals surface area contributed by atoms with E-state index in [2.05, 4.69) is 25.2 Å². The van der Waals surface area contributed by atoms with Crippen molar-refractivity contribution in [1.82, 2.24) is 0 Å². The number of nitrogens with zero attached hydrogens (tertiary/aromatic N) is 1. The Morgan fingerprint density at radius 1 is 1.44 bits per heavy atom. The van der Waals surface area contributed by atoms with Gasteiger partial charge in [-0.15, -0.1) is 0 Å². The van der Waals surface area contributed by atoms with E-state index < -0.39 is 0 Å². The van der Waals surface area contributed by atoms with Crippen molar-refractivity contribution in [1.29, 1.82) is 5.26 Å². The zero-order valence-electron chi connectivity index (χ0n) is 10.1. The average molecular weight is 217 g/mol. The Kier molecular flexibility index (Phi) is 4.33. The lowest BCUT2D eigenvalue weighted by atomic mass is 10.1. The molecule has 3 N–H and O–H groups in total. The van der Waals surface area contributed by atoms with E-state index in [9.17, 15) is 0 Å². The Labute approximate surface area is 97.3 Å². The summed E-state index contributed by atoms with van der Waals surface area (Å²) in [6.07, 6.45) is 0. The summed E-state index contributed by atoms with van der Waals surface area (Å²) >= 11 is 0. The quantitative estimate of drug-likeness (QED) is 0.813. The molecular formula is C13H19N3. The summed E-state index contributed by atoms with van der Waals surface area (Å²) in [5.41, 5.74) is 8.57. The van der Waals surface area contributed by atoms with Gasteiger partial charge in [-0.2, -0.15) is 5.26 Å². The van der Waals surface area contributed by atoms with Crippen LogP contribution in [0.5, 0.6) is 0 Å². The smallest absolute Gasteiger partial charge is 0.101 e. The third-order valence-corrected chi connectivity index (χ3v) is 2.68. The highest BCUT2D eigenvalue weighted by Gasteiger charge is 2.08. The molecule has 0 radical (unpaired) electrons. The Morgan fingerprint density at radius 2 is 2.12 bits per heavy atom. The molecule has 0 fully saturated rings. The Bertz CT molecular complexity index is 391. The van der Waals surface area contributed by atoms with Crippen LogP contribution in [0.25, 0.3) is 0 Å². The molecular weight excluding hydrogens is 198 g/mol. The van der Waals surface area contributed by atoms with Gasteiger partial charge in [0.25, 0.3) is 0 Å². The van der Waals surface area contributed by atoms with Gasteiger partial charge in [-0.05, 0) is 30.5 Å². The van der Waals surface area contributed by atoms with Crippen molar-refractivity contribution in [2.45, 2.75) is 26.8 Å². The highest BCUT2D eigenvalue weighted by molar-refractivity contribution is 5.58. The van der Waals surface area contributed by atoms with Gasteiger partial charge in [0.05, 0.1) is 11.3 Å². The first-order valence-electron chi connectivity index (χ1n) is 5.54. The van der Waals surface area contributed by atoms with E-state index in [1.54, 1.807) is 0 Å². The summed E-state index contributed by atoms with van der Waals surface area (Å²) in [6, 6.07) is 8.09. The van der Waals surface area contributed by atoms with E-state index >= 15 is 0 Å². The van der Waals surface area contributed by atoms with Crippen LogP contribution in [-0.2, 0) is 0 Å². The van der Waals surface area contributed by atoms with Gasteiger partial charge in [-0.3, -0.25) is 0 Å². The number of rotatable bonds is 4. The van der Waals surface area contributed by atoms with Crippen LogP contribution in [0.2, 0.25) is 0 Å². The summed E-state index contributed by atoms with van der Waals surface area (Å²) in [6.45, 7) is 6.85. The molecule has 0 amide bonds. The van der Waals surface area contributed by atoms with Gasteiger partial charge in [-0.25, -0.2) is 0 Å². The predicted molar refractivity (Wildman–Crippen MR) is 67.2 cm³/mol. The number of hydrogen-bond donors (Lipinski definition) is 2. The SMILES string of the molecule is Cc1ccc(NCC(N)C(C)C)c(C#N)c1. The van der Waals surface area contributed by atoms with E-state index in [0.29, 0.717) is 18.0 Å². The number of nitrogens with two attached hydrogens (primary N) is 1. The molecule has 0 heterocycles. The second kappa shape index (κ2) is 5.53. The van der Waals surface area contributed by atoms with Crippen LogP contribution in [0.1, 0.15) is 25.0 Å². The first-order valence-corrected chi connectivity index (χ1v) is 5.54. The van der Waals surface area contributed by atoms with Crippen molar-refractivity contribution in [3.63, 3.8) is 0 Å². The van der Waals surface area contributed by atoms with Crippen molar-refractivity contribution in [2.24, 2.45) is 11.7 Å². The second-order valence-corrected chi connectivity index (χ2v) is 4.45. The molecule has 0 saturated carbocycles. The minimum atomic E-state index is 0.104. The molecule has 0 aromatic heterocycles. The highest BCUT2D eigenvalue weighted by atomic mass is 14.9. The van der Waals surface area contributed by atoms with E-state index in [0.717, 1.165) is 11.3 Å². The van der Waals surface area contributed by atoms with Crippen molar-refractivity contribution >= 4 is 5.69 Å². The third kappa shape index (κ3) is 3.25. The molecule has 16 heavy (non-hydrogen) atoms. The largest absolute Gasteiger partial charge is 0.382 e. The molecule has 0 aliphatic heterocycles. The lowest BCUT2D eigenvalue weighted by molar-refractivity contribution is 0.511. The van der Waals surface area contributed by atoms with Gasteiger partial charge in [0, 0.05) is 12.6 Å². The van der Waals surface area contributed by atoms with Gasteiger partial charge >= 0.3 is 0 Å². The molecule has 0 aliphatic carbocycles. The maximum Gasteiger partial charge on any atom is 0.101 e. The fraction of sp³-hybridized carbons (Fsp3) is 0.462. The molecule has 0 spiro atoms. The summed E-state index contributed by atoms with van der Waals surface area (Å²) in [5.74, 6) is 0.434. The molecule has 1 unspecified atom stereocenters. The molecule has 1 atom stereocenters. The van der Waals surface area contributed by atoms with E-state index in [-0.39, 0.29) is 6.04 Å². The fourth-order valence-electron chi connectivity index (χ4n) is 1.37. The minimum Gasteiger partial charge on any atom is -0.382 e. The van der Waals surface area contributed by atoms with E-state index in [1.165, 1.54) is 0 Å². The molecule has 1 rings (SSSR count). The number of hydrogen-bond acceptors (Lipinski definition) is 3. The van der Waals surface area contributed by atoms with Crippen molar-refractivity contribution < 1.29 is 0 Å². The number of nitrogens with one attached hydrogen (secondary N) is 1. The highest BCUT2D eigenvalue weighted by Crippen LogP contribution is 2.16. The average Bonchev–Trinajstić information content (AvgIpc) is 2.26. The van der Waals surface area contributed by atoms with E-state index in [1.807, 2.05) is 25.1 Å². The molecule has 0 bridgehead atoms. The Hall–Kier alpha value is -1.53. The summed E-state index contributed by atoms with van der Waals surface area (Å²) in [4.78, 5) is 0. The fourth-order valence-corrected chi connectivity index (χ4v) is 1.37. The molecule has 3 heteroatoms. The van der Waals surface area contributed by atoms with Crippen molar-refractivity contribution in [2.75, 3.05) is 11.9 Å². The van der Waals surface area contributed by atoms with E-state index in [4.69, 9.17) is 11.0 Å². The van der Waals surface area contributed by atoms with Gasteiger partial charge in [0.1, 0.15) is 6.07 Å². The first kappa shape index (κ1) is 12.5. The monoisotopic (exact) mass is 217 g/mol. The first-order chi connectivity index (χ1) is 7.54. The molecule has 86 valence electrons. The van der Waals surface area contributed by atoms with Crippen molar-refractivity contribution in [3.8, 4) is 6.07 Å². The standard InChI is InChI=1S/C13H19N3/c1-9(2)12(15)8-16-13-5-4-10(3)6-11(13)7-14/h4-6,9,12,16H,8,15H2,1-3H3. The molecule has 1 aromatic rings. The topological polar surface area (TPSA) is 61.8 Å². The number of aryl methyl sites for hydroxylation is 1.